The first-order valence-corrected chi connectivity index (χ1v) is 11.1. The molecule has 0 spiro atoms. The third-order valence-electron chi connectivity index (χ3n) is 6.96. The number of halogens is 7. The summed E-state index contributed by atoms with van der Waals surface area (Å²) in [6, 6.07) is 6.20. The molecule has 1 aliphatic heterocycles. The Kier molecular flexibility index (Phi) is 7.55. The summed E-state index contributed by atoms with van der Waals surface area (Å²) in [6.07, 6.45) is -8.74. The van der Waals surface area contributed by atoms with E-state index in [4.69, 9.17) is 0 Å². The Morgan fingerprint density at radius 3 is 1.91 bits per heavy atom. The molecule has 2 aromatic carbocycles. The Balaban J connectivity index is 1.91. The Hall–Kier alpha value is -2.62. The number of piperidine rings is 1. The van der Waals surface area contributed by atoms with Crippen molar-refractivity contribution in [2.24, 2.45) is 0 Å². The van der Waals surface area contributed by atoms with Crippen molar-refractivity contribution in [1.29, 1.82) is 0 Å². The molecule has 1 saturated heterocycles. The van der Waals surface area contributed by atoms with Crippen molar-refractivity contribution in [3.05, 3.63) is 70.5 Å². The summed E-state index contributed by atoms with van der Waals surface area (Å²) in [4.78, 5) is 16.6. The summed E-state index contributed by atoms with van der Waals surface area (Å²) in [5.74, 6) is -0.837. The zero-order valence-electron chi connectivity index (χ0n) is 19.6. The van der Waals surface area contributed by atoms with Crippen LogP contribution in [0, 0.1) is 5.82 Å². The molecule has 1 heterocycles. The molecule has 1 fully saturated rings. The number of carbonyl (C=O) groups excluding carboxylic acids is 1. The maximum absolute atomic E-state index is 13.5. The lowest BCUT2D eigenvalue weighted by molar-refractivity contribution is -0.143. The number of amides is 1. The van der Waals surface area contributed by atoms with E-state index in [1.807, 2.05) is 7.05 Å². The van der Waals surface area contributed by atoms with Crippen molar-refractivity contribution in [2.75, 3.05) is 27.2 Å². The van der Waals surface area contributed by atoms with Crippen molar-refractivity contribution in [3.8, 4) is 0 Å². The molecule has 0 saturated carbocycles. The normalized spacial score (nSPS) is 17.8. The molecule has 3 nitrogen and oxygen atoms in total. The highest BCUT2D eigenvalue weighted by atomic mass is 19.4. The van der Waals surface area contributed by atoms with Gasteiger partial charge in [-0.25, -0.2) is 4.39 Å². The van der Waals surface area contributed by atoms with Gasteiger partial charge in [-0.1, -0.05) is 12.1 Å². The summed E-state index contributed by atoms with van der Waals surface area (Å²) in [7, 11) is 3.31. The summed E-state index contributed by atoms with van der Waals surface area (Å²) in [6.45, 7) is 2.77. The number of nitrogens with zero attached hydrogens (tertiary/aromatic N) is 2. The van der Waals surface area contributed by atoms with Gasteiger partial charge in [0.1, 0.15) is 5.82 Å². The minimum atomic E-state index is -4.97. The van der Waals surface area contributed by atoms with E-state index in [9.17, 15) is 35.5 Å². The lowest BCUT2D eigenvalue weighted by Gasteiger charge is -2.42. The molecule has 35 heavy (non-hydrogen) atoms. The van der Waals surface area contributed by atoms with E-state index in [2.05, 4.69) is 4.90 Å². The molecule has 1 aliphatic rings. The van der Waals surface area contributed by atoms with Crippen LogP contribution in [0.25, 0.3) is 0 Å². The topological polar surface area (TPSA) is 23.6 Å². The van der Waals surface area contributed by atoms with Gasteiger partial charge in [-0.2, -0.15) is 26.3 Å². The zero-order chi connectivity index (χ0) is 26.2. The standard InChI is InChI=1S/C25H27F7N2O/c1-16(17-12-19(24(27,28)29)14-20(13-17)25(30,31)32)34(3)22(35)15-23(8-10-33(2)11-9-23)18-4-6-21(26)7-5-18/h4-7,12-14,16H,8-11,15H2,1-3H3/t16-/m1/s1. The van der Waals surface area contributed by atoms with Crippen LogP contribution in [0.4, 0.5) is 30.7 Å². The van der Waals surface area contributed by atoms with E-state index >= 15 is 0 Å². The van der Waals surface area contributed by atoms with Crippen LogP contribution in [0.3, 0.4) is 0 Å². The summed E-state index contributed by atoms with van der Waals surface area (Å²) < 4.78 is 93.2. The quantitative estimate of drug-likeness (QED) is 0.438. The molecule has 0 unspecified atom stereocenters. The Labute approximate surface area is 199 Å². The van der Waals surface area contributed by atoms with Crippen molar-refractivity contribution in [2.45, 2.75) is 50.0 Å². The van der Waals surface area contributed by atoms with Gasteiger partial charge in [0.15, 0.2) is 0 Å². The number of benzene rings is 2. The monoisotopic (exact) mass is 504 g/mol. The zero-order valence-corrected chi connectivity index (χ0v) is 19.6. The maximum Gasteiger partial charge on any atom is 0.416 e. The Bertz CT molecular complexity index is 1010. The van der Waals surface area contributed by atoms with E-state index < -0.39 is 46.7 Å². The van der Waals surface area contributed by atoms with E-state index in [-0.39, 0.29) is 18.1 Å². The highest BCUT2D eigenvalue weighted by Crippen LogP contribution is 2.41. The fraction of sp³-hybridized carbons (Fsp3) is 0.480. The van der Waals surface area contributed by atoms with Crippen molar-refractivity contribution >= 4 is 5.91 Å². The smallest absolute Gasteiger partial charge is 0.339 e. The molecule has 2 aromatic rings. The molecule has 0 N–H and O–H groups in total. The Morgan fingerprint density at radius 2 is 1.46 bits per heavy atom. The average Bonchev–Trinajstić information content (AvgIpc) is 2.78. The highest BCUT2D eigenvalue weighted by Gasteiger charge is 2.40. The third kappa shape index (κ3) is 6.15. The molecule has 0 aromatic heterocycles. The fourth-order valence-corrected chi connectivity index (χ4v) is 4.49. The lowest BCUT2D eigenvalue weighted by Crippen LogP contribution is -2.44. The molecule has 0 radical (unpaired) electrons. The van der Waals surface area contributed by atoms with Gasteiger partial charge in [-0.05, 0) is 81.4 Å². The van der Waals surface area contributed by atoms with Crippen LogP contribution < -0.4 is 0 Å². The summed E-state index contributed by atoms with van der Waals surface area (Å²) in [5.41, 5.74) is -2.95. The van der Waals surface area contributed by atoms with E-state index in [0.29, 0.717) is 38.1 Å². The van der Waals surface area contributed by atoms with E-state index in [1.54, 1.807) is 12.1 Å². The maximum atomic E-state index is 13.5. The number of likely N-dealkylation sites (tertiary alicyclic amines) is 1. The second-order valence-electron chi connectivity index (χ2n) is 9.29. The van der Waals surface area contributed by atoms with Gasteiger partial charge < -0.3 is 9.80 Å². The largest absolute Gasteiger partial charge is 0.416 e. The van der Waals surface area contributed by atoms with Crippen LogP contribution in [0.5, 0.6) is 0 Å². The highest BCUT2D eigenvalue weighted by molar-refractivity contribution is 5.78. The van der Waals surface area contributed by atoms with Gasteiger partial charge in [0, 0.05) is 18.9 Å². The predicted molar refractivity (Wildman–Crippen MR) is 117 cm³/mol. The number of hydrogen-bond acceptors (Lipinski definition) is 2. The molecule has 3 rings (SSSR count). The molecule has 192 valence electrons. The van der Waals surface area contributed by atoms with Crippen LogP contribution in [0.15, 0.2) is 42.5 Å². The first-order chi connectivity index (χ1) is 16.1. The number of alkyl halides is 6. The Morgan fingerprint density at radius 1 is 0.971 bits per heavy atom. The molecular formula is C25H27F7N2O. The van der Waals surface area contributed by atoms with Gasteiger partial charge >= 0.3 is 12.4 Å². The SMILES string of the molecule is C[C@H](c1cc(C(F)(F)F)cc(C(F)(F)F)c1)N(C)C(=O)CC1(c2ccc(F)cc2)CCN(C)CC1. The minimum absolute atomic E-state index is 0.00159. The van der Waals surface area contributed by atoms with Crippen molar-refractivity contribution in [1.82, 2.24) is 9.80 Å². The van der Waals surface area contributed by atoms with Gasteiger partial charge in [-0.3, -0.25) is 4.79 Å². The van der Waals surface area contributed by atoms with Crippen LogP contribution in [0.2, 0.25) is 0 Å². The van der Waals surface area contributed by atoms with Crippen LogP contribution in [-0.4, -0.2) is 42.9 Å². The first kappa shape index (κ1) is 27.0. The van der Waals surface area contributed by atoms with Crippen LogP contribution >= 0.6 is 0 Å². The van der Waals surface area contributed by atoms with Crippen molar-refractivity contribution < 1.29 is 35.5 Å². The van der Waals surface area contributed by atoms with Gasteiger partial charge in [-0.15, -0.1) is 0 Å². The number of rotatable bonds is 5. The first-order valence-electron chi connectivity index (χ1n) is 11.1. The van der Waals surface area contributed by atoms with Gasteiger partial charge in [0.25, 0.3) is 0 Å². The van der Waals surface area contributed by atoms with Crippen LogP contribution in [0.1, 0.15) is 54.5 Å². The minimum Gasteiger partial charge on any atom is -0.339 e. The second-order valence-corrected chi connectivity index (χ2v) is 9.29. The molecule has 1 amide bonds. The summed E-state index contributed by atoms with van der Waals surface area (Å²) in [5, 5.41) is 0. The fourth-order valence-electron chi connectivity index (χ4n) is 4.49. The molecular weight excluding hydrogens is 477 g/mol. The molecule has 10 heteroatoms. The number of hydrogen-bond donors (Lipinski definition) is 0. The molecule has 1 atom stereocenters. The van der Waals surface area contributed by atoms with Crippen molar-refractivity contribution in [3.63, 3.8) is 0 Å². The second kappa shape index (κ2) is 9.79. The van der Waals surface area contributed by atoms with Gasteiger partial charge in [0.05, 0.1) is 17.2 Å². The third-order valence-corrected chi connectivity index (χ3v) is 6.96. The van der Waals surface area contributed by atoms with E-state index in [1.165, 1.54) is 31.0 Å². The van der Waals surface area contributed by atoms with Crippen LogP contribution in [-0.2, 0) is 22.6 Å². The summed E-state index contributed by atoms with van der Waals surface area (Å²) >= 11 is 0. The number of carbonyl (C=O) groups is 1. The molecule has 0 aliphatic carbocycles. The lowest BCUT2D eigenvalue weighted by atomic mass is 9.70. The van der Waals surface area contributed by atoms with E-state index in [0.717, 1.165) is 5.56 Å². The molecule has 0 bridgehead atoms. The van der Waals surface area contributed by atoms with Gasteiger partial charge in [0.2, 0.25) is 5.91 Å². The predicted octanol–water partition coefficient (Wildman–Crippen LogP) is 6.44. The average molecular weight is 504 g/mol.